The van der Waals surface area contributed by atoms with E-state index in [1.807, 2.05) is 0 Å². The fraction of sp³-hybridized carbons (Fsp3) is 0.500. The van der Waals surface area contributed by atoms with Gasteiger partial charge in [0.1, 0.15) is 5.75 Å². The number of carbonyl (C=O) groups excluding carboxylic acids is 2. The van der Waals surface area contributed by atoms with E-state index in [4.69, 9.17) is 16.3 Å². The number of benzene rings is 1. The summed E-state index contributed by atoms with van der Waals surface area (Å²) in [5.41, 5.74) is 0.486. The van der Waals surface area contributed by atoms with Crippen LogP contribution in [0.4, 0.5) is 10.5 Å². The minimum Gasteiger partial charge on any atom is -0.497 e. The van der Waals surface area contributed by atoms with Crippen LogP contribution in [0.25, 0.3) is 0 Å². The van der Waals surface area contributed by atoms with Crippen LogP contribution in [-0.4, -0.2) is 31.6 Å². The molecular formula is C16H22ClN3O3. The smallest absolute Gasteiger partial charge is 0.319 e. The van der Waals surface area contributed by atoms with Gasteiger partial charge in [0, 0.05) is 25.1 Å². The number of hydrogen-bond donors (Lipinski definition) is 3. The van der Waals surface area contributed by atoms with Crippen molar-refractivity contribution in [2.24, 2.45) is 0 Å². The SMILES string of the molecule is COc1ccc(NC(=O)NCCC(=O)NC2CCCC2)c(Cl)c1. The minimum atomic E-state index is -0.397. The first-order chi connectivity index (χ1) is 11.1. The Balaban J connectivity index is 1.69. The Kier molecular flexibility index (Phi) is 6.52. The van der Waals surface area contributed by atoms with Crippen LogP contribution in [-0.2, 0) is 4.79 Å². The van der Waals surface area contributed by atoms with E-state index >= 15 is 0 Å². The van der Waals surface area contributed by atoms with Crippen molar-refractivity contribution in [1.82, 2.24) is 10.6 Å². The van der Waals surface area contributed by atoms with Crippen molar-refractivity contribution in [1.29, 1.82) is 0 Å². The van der Waals surface area contributed by atoms with Gasteiger partial charge in [0.2, 0.25) is 5.91 Å². The number of amides is 3. The first-order valence-electron chi connectivity index (χ1n) is 7.76. The molecule has 0 aromatic heterocycles. The van der Waals surface area contributed by atoms with Gasteiger partial charge in [0.25, 0.3) is 0 Å². The topological polar surface area (TPSA) is 79.5 Å². The molecular weight excluding hydrogens is 318 g/mol. The van der Waals surface area contributed by atoms with Crippen LogP contribution in [0.3, 0.4) is 0 Å². The highest BCUT2D eigenvalue weighted by Crippen LogP contribution is 2.26. The lowest BCUT2D eigenvalue weighted by Gasteiger charge is -2.12. The maximum atomic E-state index is 11.8. The predicted octanol–water partition coefficient (Wildman–Crippen LogP) is 2.92. The summed E-state index contributed by atoms with van der Waals surface area (Å²) in [6.07, 6.45) is 4.72. The maximum absolute atomic E-state index is 11.8. The van der Waals surface area contributed by atoms with Crippen LogP contribution in [0.2, 0.25) is 5.02 Å². The summed E-state index contributed by atoms with van der Waals surface area (Å²) in [6, 6.07) is 4.89. The first kappa shape index (κ1) is 17.4. The molecule has 3 amide bonds. The lowest BCUT2D eigenvalue weighted by atomic mass is 10.2. The highest BCUT2D eigenvalue weighted by atomic mass is 35.5. The van der Waals surface area contributed by atoms with E-state index in [1.165, 1.54) is 12.8 Å². The van der Waals surface area contributed by atoms with Gasteiger partial charge in [0.05, 0.1) is 17.8 Å². The fourth-order valence-electron chi connectivity index (χ4n) is 2.55. The quantitative estimate of drug-likeness (QED) is 0.745. The lowest BCUT2D eigenvalue weighted by molar-refractivity contribution is -0.121. The van der Waals surface area contributed by atoms with Crippen LogP contribution in [0.5, 0.6) is 5.75 Å². The number of rotatable bonds is 6. The molecule has 1 fully saturated rings. The average Bonchev–Trinajstić information content (AvgIpc) is 3.02. The van der Waals surface area contributed by atoms with Crippen molar-refractivity contribution >= 4 is 29.2 Å². The molecule has 0 bridgehead atoms. The Morgan fingerprint density at radius 3 is 2.70 bits per heavy atom. The van der Waals surface area contributed by atoms with Gasteiger partial charge in [-0.3, -0.25) is 4.79 Å². The molecule has 7 heteroatoms. The minimum absolute atomic E-state index is 0.0281. The van der Waals surface area contributed by atoms with Gasteiger partial charge in [-0.15, -0.1) is 0 Å². The number of urea groups is 1. The molecule has 1 aliphatic carbocycles. The van der Waals surface area contributed by atoms with Crippen molar-refractivity contribution < 1.29 is 14.3 Å². The van der Waals surface area contributed by atoms with Crippen molar-refractivity contribution in [3.05, 3.63) is 23.2 Å². The second-order valence-electron chi connectivity index (χ2n) is 5.53. The molecule has 0 spiro atoms. The maximum Gasteiger partial charge on any atom is 0.319 e. The lowest BCUT2D eigenvalue weighted by Crippen LogP contribution is -2.36. The molecule has 0 unspecified atom stereocenters. The van der Waals surface area contributed by atoms with Gasteiger partial charge in [-0.05, 0) is 25.0 Å². The van der Waals surface area contributed by atoms with E-state index in [1.54, 1.807) is 25.3 Å². The van der Waals surface area contributed by atoms with Crippen LogP contribution in [0, 0.1) is 0 Å². The van der Waals surface area contributed by atoms with E-state index in [0.29, 0.717) is 22.5 Å². The third kappa shape index (κ3) is 5.63. The number of anilines is 1. The molecule has 0 radical (unpaired) electrons. The molecule has 126 valence electrons. The van der Waals surface area contributed by atoms with Gasteiger partial charge in [0.15, 0.2) is 0 Å². The standard InChI is InChI=1S/C16H22ClN3O3/c1-23-12-6-7-14(13(17)10-12)20-16(22)18-9-8-15(21)19-11-4-2-3-5-11/h6-7,10-11H,2-5,8-9H2,1H3,(H,19,21)(H2,18,20,22). The summed E-state index contributed by atoms with van der Waals surface area (Å²) in [7, 11) is 1.54. The Labute approximate surface area is 140 Å². The van der Waals surface area contributed by atoms with Crippen LogP contribution in [0.15, 0.2) is 18.2 Å². The molecule has 1 saturated carbocycles. The molecule has 2 rings (SSSR count). The van der Waals surface area contributed by atoms with Crippen molar-refractivity contribution in [3.63, 3.8) is 0 Å². The highest BCUT2D eigenvalue weighted by Gasteiger charge is 2.16. The van der Waals surface area contributed by atoms with Gasteiger partial charge in [-0.1, -0.05) is 24.4 Å². The summed E-state index contributed by atoms with van der Waals surface area (Å²) in [4.78, 5) is 23.5. The average molecular weight is 340 g/mol. The molecule has 3 N–H and O–H groups in total. The summed E-state index contributed by atoms with van der Waals surface area (Å²) < 4.78 is 5.04. The highest BCUT2D eigenvalue weighted by molar-refractivity contribution is 6.33. The van der Waals surface area contributed by atoms with E-state index in [2.05, 4.69) is 16.0 Å². The molecule has 1 aliphatic rings. The number of hydrogen-bond acceptors (Lipinski definition) is 3. The molecule has 0 heterocycles. The third-order valence-corrected chi connectivity index (χ3v) is 4.10. The van der Waals surface area contributed by atoms with E-state index < -0.39 is 6.03 Å². The van der Waals surface area contributed by atoms with Gasteiger partial charge in [-0.25, -0.2) is 4.79 Å². The molecule has 0 saturated heterocycles. The second kappa shape index (κ2) is 8.62. The Bertz CT molecular complexity index is 560. The zero-order chi connectivity index (χ0) is 16.7. The monoisotopic (exact) mass is 339 g/mol. The van der Waals surface area contributed by atoms with E-state index in [0.717, 1.165) is 12.8 Å². The summed E-state index contributed by atoms with van der Waals surface area (Å²) in [5.74, 6) is 0.587. The summed E-state index contributed by atoms with van der Waals surface area (Å²) in [5, 5.41) is 8.65. The molecule has 1 aromatic rings. The zero-order valence-electron chi connectivity index (χ0n) is 13.2. The molecule has 0 aliphatic heterocycles. The number of carbonyl (C=O) groups is 2. The van der Waals surface area contributed by atoms with Crippen molar-refractivity contribution in [2.45, 2.75) is 38.1 Å². The molecule has 0 atom stereocenters. The number of methoxy groups -OCH3 is 1. The van der Waals surface area contributed by atoms with E-state index in [-0.39, 0.29) is 18.9 Å². The third-order valence-electron chi connectivity index (χ3n) is 3.78. The van der Waals surface area contributed by atoms with Gasteiger partial charge < -0.3 is 20.7 Å². The largest absolute Gasteiger partial charge is 0.497 e. The Hall–Kier alpha value is -1.95. The normalized spacial score (nSPS) is 14.3. The van der Waals surface area contributed by atoms with Crippen LogP contribution < -0.4 is 20.7 Å². The second-order valence-corrected chi connectivity index (χ2v) is 5.93. The van der Waals surface area contributed by atoms with Crippen molar-refractivity contribution in [2.75, 3.05) is 19.0 Å². The first-order valence-corrected chi connectivity index (χ1v) is 8.14. The zero-order valence-corrected chi connectivity index (χ0v) is 13.9. The fourth-order valence-corrected chi connectivity index (χ4v) is 2.77. The van der Waals surface area contributed by atoms with E-state index in [9.17, 15) is 9.59 Å². The number of halogens is 1. The van der Waals surface area contributed by atoms with Gasteiger partial charge in [-0.2, -0.15) is 0 Å². The summed E-state index contributed by atoms with van der Waals surface area (Å²) in [6.45, 7) is 0.276. The molecule has 1 aromatic carbocycles. The van der Waals surface area contributed by atoms with Crippen LogP contribution in [0.1, 0.15) is 32.1 Å². The number of nitrogens with one attached hydrogen (secondary N) is 3. The molecule has 6 nitrogen and oxygen atoms in total. The Morgan fingerprint density at radius 1 is 1.30 bits per heavy atom. The van der Waals surface area contributed by atoms with Crippen molar-refractivity contribution in [3.8, 4) is 5.75 Å². The Morgan fingerprint density at radius 2 is 2.04 bits per heavy atom. The number of ether oxygens (including phenoxy) is 1. The molecule has 23 heavy (non-hydrogen) atoms. The van der Waals surface area contributed by atoms with Gasteiger partial charge >= 0.3 is 6.03 Å². The summed E-state index contributed by atoms with van der Waals surface area (Å²) >= 11 is 6.05. The predicted molar refractivity (Wildman–Crippen MR) is 90.0 cm³/mol. The van der Waals surface area contributed by atoms with Crippen LogP contribution >= 0.6 is 11.6 Å².